The highest BCUT2D eigenvalue weighted by Crippen LogP contribution is 2.48. The molecule has 0 amide bonds. The van der Waals surface area contributed by atoms with Crippen molar-refractivity contribution in [3.05, 3.63) is 182 Å². The molecular weight excluding hydrogens is 637 g/mol. The molecule has 2 aromatic heterocycles. The fraction of sp³-hybridized carbons (Fsp3) is 0. The summed E-state index contributed by atoms with van der Waals surface area (Å²) in [7, 11) is 0. The predicted octanol–water partition coefficient (Wildman–Crippen LogP) is 14.1. The molecule has 238 valence electrons. The quantitative estimate of drug-likeness (QED) is 0.170. The van der Waals surface area contributed by atoms with Gasteiger partial charge >= 0.3 is 0 Å². The van der Waals surface area contributed by atoms with Gasteiger partial charge in [-0.2, -0.15) is 0 Å². The van der Waals surface area contributed by atoms with E-state index in [0.29, 0.717) is 0 Å². The number of thiophene rings is 1. The van der Waals surface area contributed by atoms with Gasteiger partial charge in [0.25, 0.3) is 0 Å². The van der Waals surface area contributed by atoms with Crippen molar-refractivity contribution in [2.45, 2.75) is 0 Å². The normalized spacial score (nSPS) is 11.9. The molecule has 0 spiro atoms. The van der Waals surface area contributed by atoms with Crippen LogP contribution in [0.1, 0.15) is 0 Å². The van der Waals surface area contributed by atoms with Crippen LogP contribution in [0.4, 0.5) is 17.1 Å². The first-order valence-corrected chi connectivity index (χ1v) is 18.3. The highest BCUT2D eigenvalue weighted by molar-refractivity contribution is 7.26. The molecule has 0 atom stereocenters. The lowest BCUT2D eigenvalue weighted by molar-refractivity contribution is 1.18. The smallest absolute Gasteiger partial charge is 0.0640 e. The van der Waals surface area contributed by atoms with E-state index in [1.807, 2.05) is 11.3 Å². The fourth-order valence-corrected chi connectivity index (χ4v) is 9.52. The first kappa shape index (κ1) is 28.4. The molecular formula is C48H30N2S. The van der Waals surface area contributed by atoms with Crippen molar-refractivity contribution in [2.24, 2.45) is 0 Å². The van der Waals surface area contributed by atoms with Crippen molar-refractivity contribution in [1.29, 1.82) is 0 Å². The van der Waals surface area contributed by atoms with Gasteiger partial charge in [0, 0.05) is 43.0 Å². The summed E-state index contributed by atoms with van der Waals surface area (Å²) in [6.07, 6.45) is 0. The van der Waals surface area contributed by atoms with Crippen molar-refractivity contribution >= 4 is 103 Å². The minimum absolute atomic E-state index is 1.13. The van der Waals surface area contributed by atoms with Crippen LogP contribution in [0.5, 0.6) is 0 Å². The Morgan fingerprint density at radius 2 is 1.06 bits per heavy atom. The summed E-state index contributed by atoms with van der Waals surface area (Å²) in [4.78, 5) is 2.51. The van der Waals surface area contributed by atoms with Gasteiger partial charge in [-0.1, -0.05) is 127 Å². The van der Waals surface area contributed by atoms with Crippen molar-refractivity contribution in [2.75, 3.05) is 4.90 Å². The Hall–Kier alpha value is -6.42. The summed E-state index contributed by atoms with van der Waals surface area (Å²) in [6, 6.07) is 66.8. The van der Waals surface area contributed by atoms with Crippen molar-refractivity contribution in [1.82, 2.24) is 4.57 Å². The van der Waals surface area contributed by atoms with Gasteiger partial charge in [-0.05, 0) is 81.5 Å². The number of rotatable bonds is 4. The topological polar surface area (TPSA) is 8.17 Å². The van der Waals surface area contributed by atoms with E-state index < -0.39 is 0 Å². The minimum atomic E-state index is 1.13. The first-order valence-electron chi connectivity index (χ1n) is 17.4. The summed E-state index contributed by atoms with van der Waals surface area (Å²) in [5.74, 6) is 0. The Morgan fingerprint density at radius 1 is 0.392 bits per heavy atom. The fourth-order valence-electron chi connectivity index (χ4n) is 8.31. The molecule has 0 aliphatic rings. The zero-order chi connectivity index (χ0) is 33.5. The number of hydrogen-bond donors (Lipinski definition) is 0. The Balaban J connectivity index is 1.24. The van der Waals surface area contributed by atoms with Crippen molar-refractivity contribution in [3.63, 3.8) is 0 Å². The van der Waals surface area contributed by atoms with Crippen LogP contribution < -0.4 is 4.90 Å². The van der Waals surface area contributed by atoms with Gasteiger partial charge < -0.3 is 9.47 Å². The number of nitrogens with zero attached hydrogens (tertiary/aromatic N) is 2. The summed E-state index contributed by atoms with van der Waals surface area (Å²) in [5, 5.41) is 12.7. The molecule has 0 N–H and O–H groups in total. The maximum atomic E-state index is 2.51. The number of aromatic nitrogens is 1. The molecule has 0 bridgehead atoms. The highest BCUT2D eigenvalue weighted by Gasteiger charge is 2.22. The minimum Gasteiger partial charge on any atom is -0.309 e. The number of benzene rings is 9. The molecule has 0 radical (unpaired) electrons. The van der Waals surface area contributed by atoms with Gasteiger partial charge in [-0.15, -0.1) is 11.3 Å². The van der Waals surface area contributed by atoms with Crippen LogP contribution in [-0.4, -0.2) is 4.57 Å². The van der Waals surface area contributed by atoms with Crippen molar-refractivity contribution in [3.8, 4) is 5.69 Å². The van der Waals surface area contributed by atoms with Crippen LogP contribution in [0.25, 0.3) is 80.0 Å². The van der Waals surface area contributed by atoms with Gasteiger partial charge in [-0.25, -0.2) is 0 Å². The molecule has 0 unspecified atom stereocenters. The molecule has 0 fully saturated rings. The Labute approximate surface area is 298 Å². The average Bonchev–Trinajstić information content (AvgIpc) is 3.74. The molecule has 0 aliphatic heterocycles. The third-order valence-electron chi connectivity index (χ3n) is 10.5. The molecule has 2 nitrogen and oxygen atoms in total. The monoisotopic (exact) mass is 666 g/mol. The highest BCUT2D eigenvalue weighted by atomic mass is 32.1. The molecule has 3 heteroatoms. The third-order valence-corrected chi connectivity index (χ3v) is 11.7. The summed E-state index contributed by atoms with van der Waals surface area (Å²) in [5.41, 5.74) is 7.05. The van der Waals surface area contributed by atoms with Gasteiger partial charge in [0.1, 0.15) is 0 Å². The third kappa shape index (κ3) is 4.22. The van der Waals surface area contributed by atoms with E-state index in [1.54, 1.807) is 0 Å². The second kappa shape index (κ2) is 11.0. The predicted molar refractivity (Wildman–Crippen MR) is 221 cm³/mol. The van der Waals surface area contributed by atoms with Crippen LogP contribution in [0.3, 0.4) is 0 Å². The molecule has 11 rings (SSSR count). The molecule has 2 heterocycles. The standard InChI is InChI=1S/C48H30N2S/c1-2-13-33(14-3-1)49-42-20-8-6-16-36(42)41-30-34(27-29-44(41)49)50(45-22-11-19-40-38-17-7-9-23-46(38)51-48(40)45)43-21-10-18-39-37(43)28-26-32-25-24-31-12-4-5-15-35(31)47(32)39/h1-30H. The molecule has 11 aromatic rings. The number of anilines is 3. The second-order valence-electron chi connectivity index (χ2n) is 13.3. The SMILES string of the molecule is c1ccc(-n2c3ccccc3c3cc(N(c4cccc5c4ccc4ccc6ccccc6c45)c4cccc5c4sc4ccccc45)ccc32)cc1. The molecule has 0 saturated carbocycles. The molecule has 51 heavy (non-hydrogen) atoms. The Kier molecular flexibility index (Phi) is 6.16. The zero-order valence-corrected chi connectivity index (χ0v) is 28.4. The molecule has 9 aromatic carbocycles. The van der Waals surface area contributed by atoms with Crippen molar-refractivity contribution < 1.29 is 0 Å². The van der Waals surface area contributed by atoms with Gasteiger partial charge in [0.2, 0.25) is 0 Å². The summed E-state index contributed by atoms with van der Waals surface area (Å²) < 4.78 is 4.98. The maximum Gasteiger partial charge on any atom is 0.0640 e. The van der Waals surface area contributed by atoms with Gasteiger partial charge in [0.15, 0.2) is 0 Å². The van der Waals surface area contributed by atoms with E-state index in [2.05, 4.69) is 191 Å². The first-order chi connectivity index (χ1) is 25.3. The van der Waals surface area contributed by atoms with E-state index in [1.165, 1.54) is 85.7 Å². The Bertz CT molecular complexity index is 3150. The van der Waals surface area contributed by atoms with E-state index in [0.717, 1.165) is 11.4 Å². The average molecular weight is 667 g/mol. The lowest BCUT2D eigenvalue weighted by Crippen LogP contribution is -2.10. The van der Waals surface area contributed by atoms with Crippen LogP contribution in [0.2, 0.25) is 0 Å². The molecule has 0 aliphatic carbocycles. The van der Waals surface area contributed by atoms with Crippen LogP contribution in [0.15, 0.2) is 182 Å². The van der Waals surface area contributed by atoms with E-state index in [9.17, 15) is 0 Å². The largest absolute Gasteiger partial charge is 0.309 e. The summed E-state index contributed by atoms with van der Waals surface area (Å²) in [6.45, 7) is 0. The molecule has 0 saturated heterocycles. The van der Waals surface area contributed by atoms with Gasteiger partial charge in [-0.3, -0.25) is 0 Å². The van der Waals surface area contributed by atoms with Gasteiger partial charge in [0.05, 0.1) is 27.1 Å². The van der Waals surface area contributed by atoms with E-state index in [-0.39, 0.29) is 0 Å². The number of fused-ring (bicyclic) bond motifs is 11. The Morgan fingerprint density at radius 3 is 1.96 bits per heavy atom. The zero-order valence-electron chi connectivity index (χ0n) is 27.6. The summed E-state index contributed by atoms with van der Waals surface area (Å²) >= 11 is 1.88. The van der Waals surface area contributed by atoms with Crippen LogP contribution >= 0.6 is 11.3 Å². The van der Waals surface area contributed by atoms with Crippen LogP contribution in [0, 0.1) is 0 Å². The number of para-hydroxylation sites is 2. The van der Waals surface area contributed by atoms with E-state index in [4.69, 9.17) is 0 Å². The number of hydrogen-bond acceptors (Lipinski definition) is 2. The van der Waals surface area contributed by atoms with Crippen LogP contribution in [-0.2, 0) is 0 Å². The second-order valence-corrected chi connectivity index (χ2v) is 14.4. The van der Waals surface area contributed by atoms with E-state index >= 15 is 0 Å². The maximum absolute atomic E-state index is 2.51. The lowest BCUT2D eigenvalue weighted by Gasteiger charge is -2.28. The lowest BCUT2D eigenvalue weighted by atomic mass is 9.95.